The molecule has 1 aliphatic heterocycles. The van der Waals surface area contributed by atoms with E-state index in [0.29, 0.717) is 5.92 Å². The summed E-state index contributed by atoms with van der Waals surface area (Å²) in [5.41, 5.74) is 1.17. The highest BCUT2D eigenvalue weighted by molar-refractivity contribution is 7.19. The summed E-state index contributed by atoms with van der Waals surface area (Å²) in [5, 5.41) is 1.30. The van der Waals surface area contributed by atoms with Crippen molar-refractivity contribution < 1.29 is 4.79 Å². The molecule has 1 saturated heterocycles. The van der Waals surface area contributed by atoms with Crippen molar-refractivity contribution in [2.75, 3.05) is 31.1 Å². The Morgan fingerprint density at radius 3 is 2.53 bits per heavy atom. The second-order valence-electron chi connectivity index (χ2n) is 10.3. The van der Waals surface area contributed by atoms with Crippen molar-refractivity contribution in [3.63, 3.8) is 0 Å². The summed E-state index contributed by atoms with van der Waals surface area (Å²) in [5.74, 6) is 3.44. The zero-order chi connectivity index (χ0) is 21.6. The Bertz CT molecular complexity index is 937. The lowest BCUT2D eigenvalue weighted by atomic mass is 9.89. The van der Waals surface area contributed by atoms with Gasteiger partial charge in [-0.05, 0) is 37.2 Å². The summed E-state index contributed by atoms with van der Waals surface area (Å²) in [6.07, 6.45) is 4.60. The Kier molecular flexibility index (Phi) is 5.82. The Labute approximate surface area is 184 Å². The molecule has 0 saturated carbocycles. The standard InChI is InChI=1S/C24H36N4OS/c1-7-16(3)20-25-21(27-10-12-28(13-11-27)23(29)24(4,5)6)19-17-9-8-15(2)14-18(17)30-22(19)26-20/h15-16H,7-14H2,1-6H3/t15-,16+/m0/s1. The number of fused-ring (bicyclic) bond motifs is 3. The predicted molar refractivity (Wildman–Crippen MR) is 126 cm³/mol. The van der Waals surface area contributed by atoms with Crippen LogP contribution in [0.5, 0.6) is 0 Å². The third kappa shape index (κ3) is 3.95. The minimum absolute atomic E-state index is 0.247. The van der Waals surface area contributed by atoms with Gasteiger partial charge in [-0.1, -0.05) is 41.5 Å². The maximum atomic E-state index is 12.7. The molecule has 30 heavy (non-hydrogen) atoms. The maximum Gasteiger partial charge on any atom is 0.228 e. The molecule has 1 amide bonds. The van der Waals surface area contributed by atoms with Gasteiger partial charge in [0, 0.05) is 42.4 Å². The molecule has 6 heteroatoms. The van der Waals surface area contributed by atoms with E-state index >= 15 is 0 Å². The molecule has 0 unspecified atom stereocenters. The number of hydrogen-bond donors (Lipinski definition) is 0. The van der Waals surface area contributed by atoms with E-state index in [0.717, 1.165) is 56.6 Å². The van der Waals surface area contributed by atoms with Crippen LogP contribution in [0.25, 0.3) is 10.2 Å². The molecule has 4 rings (SSSR count). The molecule has 2 aromatic rings. The Hall–Kier alpha value is -1.69. The predicted octanol–water partition coefficient (Wildman–Crippen LogP) is 5.02. The lowest BCUT2D eigenvalue weighted by Gasteiger charge is -2.38. The second kappa shape index (κ2) is 8.10. The van der Waals surface area contributed by atoms with Crippen molar-refractivity contribution >= 4 is 33.3 Å². The van der Waals surface area contributed by atoms with E-state index in [2.05, 4.69) is 25.7 Å². The van der Waals surface area contributed by atoms with Gasteiger partial charge < -0.3 is 9.80 Å². The molecular formula is C24H36N4OS. The molecule has 0 radical (unpaired) electrons. The Balaban J connectivity index is 1.70. The van der Waals surface area contributed by atoms with Gasteiger partial charge >= 0.3 is 0 Å². The Morgan fingerprint density at radius 1 is 1.20 bits per heavy atom. The lowest BCUT2D eigenvalue weighted by molar-refractivity contribution is -0.139. The molecule has 3 heterocycles. The van der Waals surface area contributed by atoms with Crippen molar-refractivity contribution in [3.05, 3.63) is 16.3 Å². The minimum Gasteiger partial charge on any atom is -0.352 e. The zero-order valence-electron chi connectivity index (χ0n) is 19.4. The molecule has 0 spiro atoms. The number of aromatic nitrogens is 2. The highest BCUT2D eigenvalue weighted by Crippen LogP contribution is 2.42. The van der Waals surface area contributed by atoms with Gasteiger partial charge in [0.05, 0.1) is 5.39 Å². The molecule has 1 aliphatic carbocycles. The highest BCUT2D eigenvalue weighted by Gasteiger charge is 2.32. The third-order valence-electron chi connectivity index (χ3n) is 6.71. The number of amides is 1. The summed E-state index contributed by atoms with van der Waals surface area (Å²) in [7, 11) is 0. The SMILES string of the molecule is CC[C@@H](C)c1nc(N2CCN(C(=O)C(C)(C)C)CC2)c2c3c(sc2n1)C[C@@H](C)CC3. The first-order chi connectivity index (χ1) is 14.2. The van der Waals surface area contributed by atoms with Crippen LogP contribution in [0.1, 0.15) is 76.6 Å². The molecule has 0 N–H and O–H groups in total. The molecule has 2 atom stereocenters. The molecule has 2 aromatic heterocycles. The average Bonchev–Trinajstić information content (AvgIpc) is 3.08. The van der Waals surface area contributed by atoms with Gasteiger partial charge in [-0.15, -0.1) is 11.3 Å². The van der Waals surface area contributed by atoms with E-state index in [4.69, 9.17) is 9.97 Å². The number of carbonyl (C=O) groups is 1. The van der Waals surface area contributed by atoms with E-state index in [1.54, 1.807) is 0 Å². The van der Waals surface area contributed by atoms with Crippen molar-refractivity contribution in [2.45, 2.75) is 73.1 Å². The lowest BCUT2D eigenvalue weighted by Crippen LogP contribution is -2.52. The van der Waals surface area contributed by atoms with Crippen molar-refractivity contribution in [2.24, 2.45) is 11.3 Å². The first-order valence-electron chi connectivity index (χ1n) is 11.6. The van der Waals surface area contributed by atoms with Crippen LogP contribution in [0, 0.1) is 11.3 Å². The van der Waals surface area contributed by atoms with Crippen LogP contribution in [0.2, 0.25) is 0 Å². The van der Waals surface area contributed by atoms with Gasteiger partial charge in [0.25, 0.3) is 0 Å². The fourth-order valence-corrected chi connectivity index (χ4v) is 5.95. The van der Waals surface area contributed by atoms with Gasteiger partial charge in [0.2, 0.25) is 5.91 Å². The molecule has 0 bridgehead atoms. The van der Waals surface area contributed by atoms with E-state index in [9.17, 15) is 4.79 Å². The van der Waals surface area contributed by atoms with Crippen molar-refractivity contribution in [3.8, 4) is 0 Å². The van der Waals surface area contributed by atoms with Crippen molar-refractivity contribution in [1.29, 1.82) is 0 Å². The number of anilines is 1. The van der Waals surface area contributed by atoms with Crippen LogP contribution in [-0.2, 0) is 17.6 Å². The molecular weight excluding hydrogens is 392 g/mol. The molecule has 0 aromatic carbocycles. The fraction of sp³-hybridized carbons (Fsp3) is 0.708. The summed E-state index contributed by atoms with van der Waals surface area (Å²) in [6.45, 7) is 16.0. The van der Waals surface area contributed by atoms with E-state index in [1.165, 1.54) is 33.5 Å². The topological polar surface area (TPSA) is 49.3 Å². The summed E-state index contributed by atoms with van der Waals surface area (Å²) in [4.78, 5) is 30.0. The summed E-state index contributed by atoms with van der Waals surface area (Å²) in [6, 6.07) is 0. The monoisotopic (exact) mass is 428 g/mol. The van der Waals surface area contributed by atoms with Gasteiger partial charge in [0.15, 0.2) is 0 Å². The van der Waals surface area contributed by atoms with Gasteiger partial charge in [0.1, 0.15) is 16.5 Å². The van der Waals surface area contributed by atoms with E-state index < -0.39 is 0 Å². The van der Waals surface area contributed by atoms with Crippen molar-refractivity contribution in [1.82, 2.24) is 14.9 Å². The van der Waals surface area contributed by atoms with E-state index in [1.807, 2.05) is 37.0 Å². The summed E-state index contributed by atoms with van der Waals surface area (Å²) < 4.78 is 0. The van der Waals surface area contributed by atoms with Crippen LogP contribution in [-0.4, -0.2) is 47.0 Å². The molecule has 5 nitrogen and oxygen atoms in total. The number of rotatable bonds is 3. The first-order valence-corrected chi connectivity index (χ1v) is 12.4. The molecule has 2 aliphatic rings. The van der Waals surface area contributed by atoms with Gasteiger partial charge in [-0.3, -0.25) is 4.79 Å². The number of piperazine rings is 1. The highest BCUT2D eigenvalue weighted by atomic mass is 32.1. The first kappa shape index (κ1) is 21.5. The number of nitrogens with zero attached hydrogens (tertiary/aromatic N) is 4. The minimum atomic E-state index is -0.322. The normalized spacial score (nSPS) is 21.1. The average molecular weight is 429 g/mol. The molecule has 1 fully saturated rings. The third-order valence-corrected chi connectivity index (χ3v) is 7.86. The quantitative estimate of drug-likeness (QED) is 0.688. The Morgan fingerprint density at radius 2 is 1.90 bits per heavy atom. The van der Waals surface area contributed by atoms with Crippen LogP contribution in [0.15, 0.2) is 0 Å². The molecule has 164 valence electrons. The number of hydrogen-bond acceptors (Lipinski definition) is 5. The van der Waals surface area contributed by atoms with E-state index in [-0.39, 0.29) is 11.3 Å². The fourth-order valence-electron chi connectivity index (χ4n) is 4.57. The van der Waals surface area contributed by atoms with Gasteiger partial charge in [-0.25, -0.2) is 9.97 Å². The summed E-state index contributed by atoms with van der Waals surface area (Å²) >= 11 is 1.89. The van der Waals surface area contributed by atoms with Crippen LogP contribution < -0.4 is 4.90 Å². The zero-order valence-corrected chi connectivity index (χ0v) is 20.2. The van der Waals surface area contributed by atoms with Crippen LogP contribution in [0.3, 0.4) is 0 Å². The number of carbonyl (C=O) groups excluding carboxylic acids is 1. The van der Waals surface area contributed by atoms with Crippen LogP contribution >= 0.6 is 11.3 Å². The largest absolute Gasteiger partial charge is 0.352 e. The number of thiophene rings is 1. The number of aryl methyl sites for hydroxylation is 1. The van der Waals surface area contributed by atoms with Crippen LogP contribution in [0.4, 0.5) is 5.82 Å². The second-order valence-corrected chi connectivity index (χ2v) is 11.4. The maximum absolute atomic E-state index is 12.7. The van der Waals surface area contributed by atoms with Gasteiger partial charge in [-0.2, -0.15) is 0 Å². The smallest absolute Gasteiger partial charge is 0.228 e.